The Labute approximate surface area is 219 Å². The van der Waals surface area contributed by atoms with Gasteiger partial charge >= 0.3 is 6.36 Å². The van der Waals surface area contributed by atoms with E-state index in [4.69, 9.17) is 11.6 Å². The lowest BCUT2D eigenvalue weighted by Crippen LogP contribution is -2.24. The quantitative estimate of drug-likeness (QED) is 0.204. The van der Waals surface area contributed by atoms with Crippen LogP contribution in [0.2, 0.25) is 5.02 Å². The molecule has 0 atom stereocenters. The number of rotatable bonds is 7. The van der Waals surface area contributed by atoms with Crippen LogP contribution in [0.15, 0.2) is 84.0 Å². The molecule has 7 nitrogen and oxygen atoms in total. The molecule has 0 heterocycles. The molecule has 0 saturated heterocycles. The molecule has 0 aliphatic carbocycles. The summed E-state index contributed by atoms with van der Waals surface area (Å²) in [4.78, 5) is 25.3. The highest BCUT2D eigenvalue weighted by atomic mass is 35.5. The molecule has 3 N–H and O–H groups in total. The van der Waals surface area contributed by atoms with Crippen LogP contribution < -0.4 is 15.5 Å². The molecule has 0 fully saturated rings. The number of benzene rings is 4. The molecule has 0 unspecified atom stereocenters. The van der Waals surface area contributed by atoms with Crippen molar-refractivity contribution in [3.05, 3.63) is 106 Å². The predicted octanol–water partition coefficient (Wildman–Crippen LogP) is 5.79. The summed E-state index contributed by atoms with van der Waals surface area (Å²) in [7, 11) is 0. The average molecular weight is 542 g/mol. The Morgan fingerprint density at radius 3 is 2.39 bits per heavy atom. The molecule has 0 aliphatic heterocycles. The number of fused-ring (bicyclic) bond motifs is 1. The zero-order chi connectivity index (χ0) is 27.3. The maximum absolute atomic E-state index is 13.0. The van der Waals surface area contributed by atoms with Crippen molar-refractivity contribution in [1.29, 1.82) is 0 Å². The number of hydrazone groups is 1. The molecular weight excluding hydrogens is 523 g/mol. The fourth-order valence-corrected chi connectivity index (χ4v) is 3.83. The van der Waals surface area contributed by atoms with Gasteiger partial charge in [0.15, 0.2) is 0 Å². The first kappa shape index (κ1) is 26.5. The highest BCUT2D eigenvalue weighted by Crippen LogP contribution is 2.27. The van der Waals surface area contributed by atoms with Gasteiger partial charge in [0.2, 0.25) is 0 Å². The van der Waals surface area contributed by atoms with Crippen LogP contribution in [-0.2, 0) is 6.54 Å². The summed E-state index contributed by atoms with van der Waals surface area (Å²) in [5, 5.41) is 17.4. The summed E-state index contributed by atoms with van der Waals surface area (Å²) in [5.74, 6) is -1.59. The number of hydrogen-bond acceptors (Lipinski definition) is 5. The van der Waals surface area contributed by atoms with Crippen molar-refractivity contribution in [1.82, 2.24) is 10.7 Å². The second-order valence-corrected chi connectivity index (χ2v) is 8.36. The van der Waals surface area contributed by atoms with E-state index in [1.54, 1.807) is 42.5 Å². The second-order valence-electron chi connectivity index (χ2n) is 7.95. The average Bonchev–Trinajstić information content (AvgIpc) is 2.88. The summed E-state index contributed by atoms with van der Waals surface area (Å²) in [6.45, 7) is -0.185. The van der Waals surface area contributed by atoms with Crippen LogP contribution in [0.5, 0.6) is 11.5 Å². The molecule has 0 aliphatic rings. The van der Waals surface area contributed by atoms with E-state index in [-0.39, 0.29) is 28.4 Å². The summed E-state index contributed by atoms with van der Waals surface area (Å²) in [6, 6.07) is 19.7. The number of alkyl halides is 3. The highest BCUT2D eigenvalue weighted by molar-refractivity contribution is 6.32. The first-order valence-corrected chi connectivity index (χ1v) is 11.5. The number of carbonyl (C=O) groups excluding carboxylic acids is 2. The van der Waals surface area contributed by atoms with E-state index in [0.717, 1.165) is 0 Å². The maximum atomic E-state index is 13.0. The number of aromatic hydroxyl groups is 1. The summed E-state index contributed by atoms with van der Waals surface area (Å²) < 4.78 is 42.1. The van der Waals surface area contributed by atoms with Crippen molar-refractivity contribution in [3.8, 4) is 11.5 Å². The number of phenols is 1. The van der Waals surface area contributed by atoms with Gasteiger partial charge in [-0.05, 0) is 41.1 Å². The Balaban J connectivity index is 1.50. The van der Waals surface area contributed by atoms with Crippen LogP contribution in [0.4, 0.5) is 13.2 Å². The molecule has 194 valence electrons. The molecule has 11 heteroatoms. The minimum Gasteiger partial charge on any atom is -0.506 e. The number of hydrogen-bond donors (Lipinski definition) is 3. The minimum absolute atomic E-state index is 0.0258. The van der Waals surface area contributed by atoms with E-state index < -0.39 is 23.9 Å². The minimum atomic E-state index is -4.86. The zero-order valence-electron chi connectivity index (χ0n) is 19.4. The van der Waals surface area contributed by atoms with Crippen molar-refractivity contribution >= 4 is 40.4 Å². The van der Waals surface area contributed by atoms with E-state index >= 15 is 0 Å². The monoisotopic (exact) mass is 541 g/mol. The lowest BCUT2D eigenvalue weighted by molar-refractivity contribution is -0.274. The third kappa shape index (κ3) is 6.40. The predicted molar refractivity (Wildman–Crippen MR) is 136 cm³/mol. The number of halogens is 4. The van der Waals surface area contributed by atoms with Crippen LogP contribution in [0, 0.1) is 0 Å². The number of nitrogens with one attached hydrogen (secondary N) is 2. The third-order valence-electron chi connectivity index (χ3n) is 5.42. The van der Waals surface area contributed by atoms with Crippen molar-refractivity contribution in [3.63, 3.8) is 0 Å². The van der Waals surface area contributed by atoms with Crippen LogP contribution >= 0.6 is 11.6 Å². The van der Waals surface area contributed by atoms with E-state index in [9.17, 15) is 27.9 Å². The standard InChI is InChI=1S/C27H19ClF3N3O4/c28-22-13-16(10-12-23(22)35)25(36)34-33-15-17-9-11-21(20-7-3-2-6-19(17)20)26(37)32-14-18-5-1-4-8-24(18)38-27(29,30)31/h1-13,15,35H,14H2,(H,32,37)(H,34,36)/b33-15+. The van der Waals surface area contributed by atoms with Gasteiger partial charge in [-0.3, -0.25) is 9.59 Å². The number of carbonyl (C=O) groups is 2. The normalized spacial score (nSPS) is 11.5. The topological polar surface area (TPSA) is 100 Å². The molecule has 2 amide bonds. The molecule has 4 rings (SSSR count). The summed E-state index contributed by atoms with van der Waals surface area (Å²) in [6.07, 6.45) is -3.45. The van der Waals surface area contributed by atoms with Crippen LogP contribution in [-0.4, -0.2) is 29.5 Å². The molecule has 0 bridgehead atoms. The van der Waals surface area contributed by atoms with Gasteiger partial charge in [0.1, 0.15) is 11.5 Å². The lowest BCUT2D eigenvalue weighted by atomic mass is 9.99. The lowest BCUT2D eigenvalue weighted by Gasteiger charge is -2.14. The van der Waals surface area contributed by atoms with Crippen LogP contribution in [0.3, 0.4) is 0 Å². The van der Waals surface area contributed by atoms with Crippen LogP contribution in [0.1, 0.15) is 31.8 Å². The SMILES string of the molecule is O=C(N/N=C/c1ccc(C(=O)NCc2ccccc2OC(F)(F)F)c2ccccc12)c1ccc(O)c(Cl)c1. The molecule has 0 saturated carbocycles. The van der Waals surface area contributed by atoms with Crippen molar-refractivity contribution in [2.75, 3.05) is 0 Å². The number of nitrogens with zero attached hydrogens (tertiary/aromatic N) is 1. The van der Waals surface area contributed by atoms with Gasteiger partial charge in [0.25, 0.3) is 11.8 Å². The number of para-hydroxylation sites is 1. The zero-order valence-corrected chi connectivity index (χ0v) is 20.2. The second kappa shape index (κ2) is 11.2. The maximum Gasteiger partial charge on any atom is 0.573 e. The first-order valence-electron chi connectivity index (χ1n) is 11.1. The Morgan fingerprint density at radius 1 is 0.947 bits per heavy atom. The summed E-state index contributed by atoms with van der Waals surface area (Å²) in [5.41, 5.74) is 3.64. The Bertz CT molecular complexity index is 1540. The van der Waals surface area contributed by atoms with Gasteiger partial charge in [-0.25, -0.2) is 5.43 Å². The third-order valence-corrected chi connectivity index (χ3v) is 5.72. The van der Waals surface area contributed by atoms with Gasteiger partial charge in [-0.1, -0.05) is 60.1 Å². The fraction of sp³-hybridized carbons (Fsp3) is 0.0741. The smallest absolute Gasteiger partial charge is 0.506 e. The molecule has 38 heavy (non-hydrogen) atoms. The Hall–Kier alpha value is -4.57. The Kier molecular flexibility index (Phi) is 7.82. The molecule has 0 spiro atoms. The number of phenolic OH excluding ortho intramolecular Hbond substituents is 1. The first-order chi connectivity index (χ1) is 18.1. The molecule has 0 radical (unpaired) electrons. The van der Waals surface area contributed by atoms with Crippen molar-refractivity contribution in [2.24, 2.45) is 5.10 Å². The molecular formula is C27H19ClF3N3O4. The number of amides is 2. The number of ether oxygens (including phenoxy) is 1. The van der Waals surface area contributed by atoms with Gasteiger partial charge in [-0.15, -0.1) is 13.2 Å². The van der Waals surface area contributed by atoms with Crippen molar-refractivity contribution < 1.29 is 32.6 Å². The van der Waals surface area contributed by atoms with E-state index in [1.165, 1.54) is 42.6 Å². The van der Waals surface area contributed by atoms with Gasteiger partial charge in [-0.2, -0.15) is 5.10 Å². The van der Waals surface area contributed by atoms with Gasteiger partial charge in [0, 0.05) is 28.8 Å². The van der Waals surface area contributed by atoms with E-state index in [2.05, 4.69) is 20.6 Å². The Morgan fingerprint density at radius 2 is 1.66 bits per heavy atom. The van der Waals surface area contributed by atoms with Gasteiger partial charge in [0.05, 0.1) is 11.2 Å². The summed E-state index contributed by atoms with van der Waals surface area (Å²) >= 11 is 5.83. The van der Waals surface area contributed by atoms with Gasteiger partial charge < -0.3 is 15.2 Å². The highest BCUT2D eigenvalue weighted by Gasteiger charge is 2.32. The molecule has 0 aromatic heterocycles. The fourth-order valence-electron chi connectivity index (χ4n) is 3.65. The molecule has 4 aromatic rings. The van der Waals surface area contributed by atoms with E-state index in [1.807, 2.05) is 0 Å². The largest absolute Gasteiger partial charge is 0.573 e. The van der Waals surface area contributed by atoms with Crippen molar-refractivity contribution in [2.45, 2.75) is 12.9 Å². The van der Waals surface area contributed by atoms with Crippen LogP contribution in [0.25, 0.3) is 10.8 Å². The van der Waals surface area contributed by atoms with E-state index in [0.29, 0.717) is 21.9 Å². The molecule has 4 aromatic carbocycles.